The van der Waals surface area contributed by atoms with Crippen molar-refractivity contribution in [2.75, 3.05) is 0 Å². The van der Waals surface area contributed by atoms with Gasteiger partial charge in [-0.15, -0.1) is 0 Å². The number of hydrogen-bond donors (Lipinski definition) is 1. The Bertz CT molecular complexity index is 608. The first-order chi connectivity index (χ1) is 7.37. The van der Waals surface area contributed by atoms with Crippen LogP contribution in [0.3, 0.4) is 0 Å². The molecule has 1 aromatic carbocycles. The van der Waals surface area contributed by atoms with Crippen molar-refractivity contribution in [3.05, 3.63) is 27.8 Å². The maximum atomic E-state index is 10.5. The largest absolute Gasteiger partial charge is 1.00 e. The van der Waals surface area contributed by atoms with Crippen molar-refractivity contribution in [2.45, 2.75) is 0 Å². The van der Waals surface area contributed by atoms with Gasteiger partial charge in [0.1, 0.15) is 13.6 Å². The van der Waals surface area contributed by atoms with Gasteiger partial charge >= 0.3 is 59.1 Å². The molecular formula is C8H10BrClNNa2O7P. The molecule has 110 valence electrons. The third-order valence-corrected chi connectivity index (χ3v) is 3.51. The minimum absolute atomic E-state index is 0. The number of aromatic amines is 1. The molecule has 0 fully saturated rings. The van der Waals surface area contributed by atoms with E-state index >= 15 is 0 Å². The molecule has 0 amide bonds. The van der Waals surface area contributed by atoms with Gasteiger partial charge in [0.2, 0.25) is 0 Å². The van der Waals surface area contributed by atoms with Gasteiger partial charge in [-0.1, -0.05) is 11.6 Å². The van der Waals surface area contributed by atoms with Crippen molar-refractivity contribution < 1.29 is 94.4 Å². The van der Waals surface area contributed by atoms with Crippen LogP contribution in [-0.4, -0.2) is 21.4 Å². The van der Waals surface area contributed by atoms with E-state index in [2.05, 4.69) is 25.4 Å². The van der Waals surface area contributed by atoms with Gasteiger partial charge in [0, 0.05) is 16.1 Å². The standard InChI is InChI=1S/C8H6BrClNO4P.2Na.3H2O/c9-5-1-4-7(2-6(5)10)11-3-8(4)15-16(12,13)14;;;;;/h1-3,11H,(H2,12,13,14);;;3*1H2/q;2*+1;;;/p-2. The van der Waals surface area contributed by atoms with Gasteiger partial charge < -0.3 is 40.3 Å². The Morgan fingerprint density at radius 3 is 2.19 bits per heavy atom. The number of rotatable bonds is 2. The minimum atomic E-state index is -5.05. The summed E-state index contributed by atoms with van der Waals surface area (Å²) in [6.45, 7) is 0. The minimum Gasteiger partial charge on any atom is -0.780 e. The predicted molar refractivity (Wildman–Crippen MR) is 70.1 cm³/mol. The second kappa shape index (κ2) is 11.8. The molecule has 0 aliphatic rings. The number of H-pyrrole nitrogens is 1. The zero-order valence-electron chi connectivity index (χ0n) is 11.1. The van der Waals surface area contributed by atoms with Crippen molar-refractivity contribution in [3.8, 4) is 5.75 Å². The van der Waals surface area contributed by atoms with Crippen LogP contribution in [0.4, 0.5) is 0 Å². The third-order valence-electron chi connectivity index (χ3n) is 1.89. The van der Waals surface area contributed by atoms with E-state index in [1.807, 2.05) is 0 Å². The molecule has 0 unspecified atom stereocenters. The first-order valence-corrected chi connectivity index (χ1v) is 6.68. The number of benzene rings is 1. The molecule has 2 aromatic rings. The summed E-state index contributed by atoms with van der Waals surface area (Å²) in [5.74, 6) is -0.0410. The van der Waals surface area contributed by atoms with E-state index in [4.69, 9.17) is 11.6 Å². The van der Waals surface area contributed by atoms with Gasteiger partial charge in [0.25, 0.3) is 0 Å². The summed E-state index contributed by atoms with van der Waals surface area (Å²) < 4.78 is 15.4. The topological polar surface area (TPSA) is 183 Å². The molecule has 2 rings (SSSR count). The molecule has 0 saturated heterocycles. The first kappa shape index (κ1) is 30.3. The van der Waals surface area contributed by atoms with E-state index < -0.39 is 7.82 Å². The molecule has 8 nitrogen and oxygen atoms in total. The van der Waals surface area contributed by atoms with Crippen LogP contribution in [0, 0.1) is 0 Å². The smallest absolute Gasteiger partial charge is 0.780 e. The fourth-order valence-electron chi connectivity index (χ4n) is 1.29. The SMILES string of the molecule is O.O.O.O=P([O-])([O-])Oc1c[nH]c2cc(Cl)c(Br)cc12.[Na+].[Na+]. The average molecular weight is 424 g/mol. The molecule has 0 radical (unpaired) electrons. The maximum absolute atomic E-state index is 10.5. The maximum Gasteiger partial charge on any atom is 1.00 e. The number of hydrogen-bond acceptors (Lipinski definition) is 4. The summed E-state index contributed by atoms with van der Waals surface area (Å²) in [5.41, 5.74) is 0.580. The monoisotopic (exact) mass is 423 g/mol. The number of fused-ring (bicyclic) bond motifs is 1. The molecule has 7 N–H and O–H groups in total. The Hall–Kier alpha value is 1.36. The van der Waals surface area contributed by atoms with Crippen LogP contribution < -0.4 is 73.4 Å². The van der Waals surface area contributed by atoms with Crippen LogP contribution in [0.25, 0.3) is 10.9 Å². The van der Waals surface area contributed by atoms with E-state index in [9.17, 15) is 14.4 Å². The van der Waals surface area contributed by atoms with Crippen LogP contribution >= 0.6 is 35.4 Å². The van der Waals surface area contributed by atoms with Crippen molar-refractivity contribution in [1.29, 1.82) is 0 Å². The quantitative estimate of drug-likeness (QED) is 0.371. The summed E-state index contributed by atoms with van der Waals surface area (Å²) in [6.07, 6.45) is 1.29. The van der Waals surface area contributed by atoms with E-state index in [1.54, 1.807) is 12.1 Å². The average Bonchev–Trinajstić information content (AvgIpc) is 2.47. The fraction of sp³-hybridized carbons (Fsp3) is 0. The zero-order chi connectivity index (χ0) is 11.9. The second-order valence-electron chi connectivity index (χ2n) is 3.00. The van der Waals surface area contributed by atoms with E-state index in [-0.39, 0.29) is 81.3 Å². The molecular weight excluding hydrogens is 414 g/mol. The molecule has 0 saturated carbocycles. The molecule has 0 spiro atoms. The van der Waals surface area contributed by atoms with Gasteiger partial charge in [0.05, 0.1) is 10.5 Å². The van der Waals surface area contributed by atoms with Crippen molar-refractivity contribution in [3.63, 3.8) is 0 Å². The summed E-state index contributed by atoms with van der Waals surface area (Å²) in [4.78, 5) is 23.7. The zero-order valence-corrected chi connectivity index (χ0v) is 18.3. The molecule has 21 heavy (non-hydrogen) atoms. The molecule has 13 heteroatoms. The van der Waals surface area contributed by atoms with E-state index in [0.717, 1.165) is 0 Å². The summed E-state index contributed by atoms with van der Waals surface area (Å²) in [5, 5.41) is 0.927. The number of phosphoric ester groups is 1. The van der Waals surface area contributed by atoms with Crippen LogP contribution in [0.1, 0.15) is 0 Å². The molecule has 1 aromatic heterocycles. The van der Waals surface area contributed by atoms with Crippen LogP contribution in [0.5, 0.6) is 5.75 Å². The number of nitrogens with one attached hydrogen (secondary N) is 1. The van der Waals surface area contributed by atoms with Gasteiger partial charge in [-0.2, -0.15) is 0 Å². The number of halogens is 2. The van der Waals surface area contributed by atoms with Crippen LogP contribution in [-0.2, 0) is 4.57 Å². The van der Waals surface area contributed by atoms with Gasteiger partial charge in [-0.25, -0.2) is 0 Å². The van der Waals surface area contributed by atoms with Crippen LogP contribution in [0.2, 0.25) is 5.02 Å². The third kappa shape index (κ3) is 8.14. The molecule has 0 aliphatic carbocycles. The summed E-state index contributed by atoms with van der Waals surface area (Å²) in [7, 11) is -5.05. The second-order valence-corrected chi connectivity index (χ2v) is 5.34. The van der Waals surface area contributed by atoms with E-state index in [1.165, 1.54) is 6.20 Å². The number of aromatic nitrogens is 1. The Labute approximate surface area is 177 Å². The Morgan fingerprint density at radius 2 is 1.71 bits per heavy atom. The summed E-state index contributed by atoms with van der Waals surface area (Å²) >= 11 is 9.03. The van der Waals surface area contributed by atoms with Gasteiger partial charge in [-0.3, -0.25) is 0 Å². The molecule has 0 bridgehead atoms. The number of phosphoric acid groups is 1. The first-order valence-electron chi connectivity index (χ1n) is 4.04. The molecule has 1 heterocycles. The molecule has 0 aliphatic heterocycles. The van der Waals surface area contributed by atoms with Crippen molar-refractivity contribution in [1.82, 2.24) is 4.98 Å². The predicted octanol–water partition coefficient (Wildman–Crippen LogP) is -6.67. The Kier molecular flexibility index (Phi) is 17.0. The fourth-order valence-corrected chi connectivity index (χ4v) is 2.19. The summed E-state index contributed by atoms with van der Waals surface area (Å²) in [6, 6.07) is 3.16. The molecule has 0 atom stereocenters. The Balaban J connectivity index is -0.000000289. The van der Waals surface area contributed by atoms with Crippen molar-refractivity contribution in [2.24, 2.45) is 0 Å². The van der Waals surface area contributed by atoms with Crippen molar-refractivity contribution >= 4 is 46.3 Å². The van der Waals surface area contributed by atoms with Gasteiger partial charge in [0.15, 0.2) is 0 Å². The van der Waals surface area contributed by atoms with Gasteiger partial charge in [-0.05, 0) is 28.1 Å². The van der Waals surface area contributed by atoms with Crippen LogP contribution in [0.15, 0.2) is 22.8 Å². The van der Waals surface area contributed by atoms with E-state index in [0.29, 0.717) is 20.4 Å². The Morgan fingerprint density at radius 1 is 1.19 bits per heavy atom. The normalized spacial score (nSPS) is 9.14.